The summed E-state index contributed by atoms with van der Waals surface area (Å²) in [5.74, 6) is 0. The van der Waals surface area contributed by atoms with E-state index < -0.39 is 0 Å². The lowest BCUT2D eigenvalue weighted by atomic mass is 10.0. The summed E-state index contributed by atoms with van der Waals surface area (Å²) in [5, 5.41) is 0. The smallest absolute Gasteiger partial charge is 0.0951 e. The molecule has 0 saturated carbocycles. The molecule has 0 spiro atoms. The molecule has 20 heavy (non-hydrogen) atoms. The number of nitrogens with two attached hydrogens (primary N) is 1. The fourth-order valence-corrected chi connectivity index (χ4v) is 2.92. The fourth-order valence-electron chi connectivity index (χ4n) is 2.92. The van der Waals surface area contributed by atoms with Crippen LogP contribution in [-0.4, -0.2) is 22.3 Å². The first-order valence-corrected chi connectivity index (χ1v) is 7.19. The SMILES string of the molecule is CC1CC(n2cncc2C(N)c2ccccc2)CCO1. The minimum atomic E-state index is -0.128. The molecule has 0 amide bonds. The van der Waals surface area contributed by atoms with Gasteiger partial charge in [-0.3, -0.25) is 0 Å². The lowest BCUT2D eigenvalue weighted by molar-refractivity contribution is 0.00536. The summed E-state index contributed by atoms with van der Waals surface area (Å²) in [5.41, 5.74) is 8.61. The van der Waals surface area contributed by atoms with Crippen molar-refractivity contribution in [2.24, 2.45) is 5.73 Å². The minimum absolute atomic E-state index is 0.128. The third kappa shape index (κ3) is 2.62. The van der Waals surface area contributed by atoms with Crippen LogP contribution in [0.15, 0.2) is 42.9 Å². The molecule has 0 aliphatic carbocycles. The molecule has 1 aliphatic heterocycles. The van der Waals surface area contributed by atoms with Crippen molar-refractivity contribution >= 4 is 0 Å². The van der Waals surface area contributed by atoms with Gasteiger partial charge in [-0.15, -0.1) is 0 Å². The molecule has 1 aromatic carbocycles. The van der Waals surface area contributed by atoms with Gasteiger partial charge < -0.3 is 15.0 Å². The molecule has 106 valence electrons. The van der Waals surface area contributed by atoms with Gasteiger partial charge in [0.2, 0.25) is 0 Å². The Bertz CT molecular complexity index is 552. The maximum Gasteiger partial charge on any atom is 0.0951 e. The molecule has 0 radical (unpaired) electrons. The minimum Gasteiger partial charge on any atom is -0.378 e. The molecule has 2 heterocycles. The first-order chi connectivity index (χ1) is 9.75. The van der Waals surface area contributed by atoms with E-state index >= 15 is 0 Å². The molecular formula is C16H21N3O. The quantitative estimate of drug-likeness (QED) is 0.933. The zero-order valence-corrected chi connectivity index (χ0v) is 11.8. The van der Waals surface area contributed by atoms with Crippen LogP contribution in [0.2, 0.25) is 0 Å². The Morgan fingerprint density at radius 1 is 1.35 bits per heavy atom. The van der Waals surface area contributed by atoms with Gasteiger partial charge in [0, 0.05) is 12.6 Å². The topological polar surface area (TPSA) is 53.1 Å². The Labute approximate surface area is 119 Å². The van der Waals surface area contributed by atoms with Gasteiger partial charge in [-0.05, 0) is 25.3 Å². The van der Waals surface area contributed by atoms with E-state index in [-0.39, 0.29) is 6.04 Å². The number of benzene rings is 1. The lowest BCUT2D eigenvalue weighted by Crippen LogP contribution is -2.27. The molecule has 2 N–H and O–H groups in total. The van der Waals surface area contributed by atoms with Gasteiger partial charge in [0.1, 0.15) is 0 Å². The summed E-state index contributed by atoms with van der Waals surface area (Å²) in [6, 6.07) is 10.5. The van der Waals surface area contributed by atoms with Crippen LogP contribution in [0.3, 0.4) is 0 Å². The van der Waals surface area contributed by atoms with E-state index in [0.29, 0.717) is 12.1 Å². The first-order valence-electron chi connectivity index (χ1n) is 7.19. The average Bonchev–Trinajstić information content (AvgIpc) is 2.97. The van der Waals surface area contributed by atoms with Crippen molar-refractivity contribution in [3.8, 4) is 0 Å². The lowest BCUT2D eigenvalue weighted by Gasteiger charge is -2.30. The Balaban J connectivity index is 1.86. The van der Waals surface area contributed by atoms with Gasteiger partial charge in [0.15, 0.2) is 0 Å². The number of rotatable bonds is 3. The second kappa shape index (κ2) is 5.77. The van der Waals surface area contributed by atoms with Crippen molar-refractivity contribution in [1.29, 1.82) is 0 Å². The summed E-state index contributed by atoms with van der Waals surface area (Å²) in [6.07, 6.45) is 6.13. The van der Waals surface area contributed by atoms with Gasteiger partial charge in [-0.2, -0.15) is 0 Å². The Morgan fingerprint density at radius 3 is 2.90 bits per heavy atom. The van der Waals surface area contributed by atoms with Crippen LogP contribution in [0, 0.1) is 0 Å². The van der Waals surface area contributed by atoms with E-state index in [0.717, 1.165) is 30.7 Å². The van der Waals surface area contributed by atoms with Crippen molar-refractivity contribution in [1.82, 2.24) is 9.55 Å². The van der Waals surface area contributed by atoms with E-state index in [9.17, 15) is 0 Å². The highest BCUT2D eigenvalue weighted by molar-refractivity contribution is 5.26. The van der Waals surface area contributed by atoms with Crippen LogP contribution in [-0.2, 0) is 4.74 Å². The van der Waals surface area contributed by atoms with Crippen LogP contribution in [0.5, 0.6) is 0 Å². The maximum absolute atomic E-state index is 6.41. The number of hydrogen-bond donors (Lipinski definition) is 1. The highest BCUT2D eigenvalue weighted by atomic mass is 16.5. The normalized spacial score (nSPS) is 24.5. The van der Waals surface area contributed by atoms with Crippen LogP contribution in [0.25, 0.3) is 0 Å². The summed E-state index contributed by atoms with van der Waals surface area (Å²) in [7, 11) is 0. The molecule has 1 fully saturated rings. The summed E-state index contributed by atoms with van der Waals surface area (Å²) >= 11 is 0. The Morgan fingerprint density at radius 2 is 2.15 bits per heavy atom. The molecule has 1 aromatic heterocycles. The maximum atomic E-state index is 6.41. The molecular weight excluding hydrogens is 250 g/mol. The van der Waals surface area contributed by atoms with Crippen molar-refractivity contribution in [3.63, 3.8) is 0 Å². The fraction of sp³-hybridized carbons (Fsp3) is 0.438. The Hall–Kier alpha value is -1.65. The largest absolute Gasteiger partial charge is 0.378 e. The van der Waals surface area contributed by atoms with E-state index in [2.05, 4.69) is 28.6 Å². The molecule has 4 nitrogen and oxygen atoms in total. The van der Waals surface area contributed by atoms with Gasteiger partial charge >= 0.3 is 0 Å². The van der Waals surface area contributed by atoms with Gasteiger partial charge in [0.25, 0.3) is 0 Å². The average molecular weight is 271 g/mol. The summed E-state index contributed by atoms with van der Waals surface area (Å²) in [6.45, 7) is 2.93. The summed E-state index contributed by atoms with van der Waals surface area (Å²) in [4.78, 5) is 4.31. The molecule has 0 bridgehead atoms. The predicted octanol–water partition coefficient (Wildman–Crippen LogP) is 2.67. The molecule has 3 atom stereocenters. The van der Waals surface area contributed by atoms with Crippen LogP contribution in [0.1, 0.15) is 43.1 Å². The van der Waals surface area contributed by atoms with Crippen LogP contribution < -0.4 is 5.73 Å². The zero-order chi connectivity index (χ0) is 13.9. The number of ether oxygens (including phenoxy) is 1. The molecule has 4 heteroatoms. The number of nitrogens with zero attached hydrogens (tertiary/aromatic N) is 2. The third-order valence-electron chi connectivity index (χ3n) is 4.02. The second-order valence-electron chi connectivity index (χ2n) is 5.47. The number of aromatic nitrogens is 2. The van der Waals surface area contributed by atoms with Crippen LogP contribution >= 0.6 is 0 Å². The van der Waals surface area contributed by atoms with Gasteiger partial charge in [-0.1, -0.05) is 30.3 Å². The van der Waals surface area contributed by atoms with Crippen molar-refractivity contribution < 1.29 is 4.74 Å². The van der Waals surface area contributed by atoms with Crippen LogP contribution in [0.4, 0.5) is 0 Å². The van der Waals surface area contributed by atoms with Crippen molar-refractivity contribution in [3.05, 3.63) is 54.1 Å². The van der Waals surface area contributed by atoms with Crippen molar-refractivity contribution in [2.45, 2.75) is 38.0 Å². The molecule has 3 unspecified atom stereocenters. The molecule has 1 aliphatic rings. The van der Waals surface area contributed by atoms with Gasteiger partial charge in [0.05, 0.1) is 30.4 Å². The second-order valence-corrected chi connectivity index (χ2v) is 5.47. The van der Waals surface area contributed by atoms with E-state index in [1.54, 1.807) is 0 Å². The van der Waals surface area contributed by atoms with E-state index in [1.807, 2.05) is 30.7 Å². The Kier molecular flexibility index (Phi) is 3.85. The monoisotopic (exact) mass is 271 g/mol. The highest BCUT2D eigenvalue weighted by Crippen LogP contribution is 2.29. The molecule has 1 saturated heterocycles. The molecule has 3 rings (SSSR count). The predicted molar refractivity (Wildman–Crippen MR) is 78.4 cm³/mol. The van der Waals surface area contributed by atoms with Gasteiger partial charge in [-0.25, -0.2) is 4.98 Å². The summed E-state index contributed by atoms with van der Waals surface area (Å²) < 4.78 is 7.86. The third-order valence-corrected chi connectivity index (χ3v) is 4.02. The van der Waals surface area contributed by atoms with E-state index in [4.69, 9.17) is 10.5 Å². The molecule has 2 aromatic rings. The highest BCUT2D eigenvalue weighted by Gasteiger charge is 2.24. The number of hydrogen-bond acceptors (Lipinski definition) is 3. The standard InChI is InChI=1S/C16H21N3O/c1-12-9-14(7-8-20-12)19-11-18-10-15(19)16(17)13-5-3-2-4-6-13/h2-6,10-12,14,16H,7-9,17H2,1H3. The number of imidazole rings is 1. The van der Waals surface area contributed by atoms with Crippen molar-refractivity contribution in [2.75, 3.05) is 6.61 Å². The zero-order valence-electron chi connectivity index (χ0n) is 11.8. The van der Waals surface area contributed by atoms with E-state index in [1.165, 1.54) is 0 Å². The first kappa shape index (κ1) is 13.3.